The van der Waals surface area contributed by atoms with Crippen LogP contribution in [0.15, 0.2) is 38.6 Å². The van der Waals surface area contributed by atoms with Gasteiger partial charge in [0, 0.05) is 15.9 Å². The Morgan fingerprint density at radius 2 is 2.05 bits per heavy atom. The van der Waals surface area contributed by atoms with E-state index in [1.165, 1.54) is 10.4 Å². The van der Waals surface area contributed by atoms with Crippen molar-refractivity contribution >= 4 is 43.2 Å². The first-order valence-corrected chi connectivity index (χ1v) is 8.37. The number of para-hydroxylation sites is 1. The first kappa shape index (κ1) is 15.0. The molecule has 0 spiro atoms. The molecule has 0 bridgehead atoms. The van der Waals surface area contributed by atoms with Gasteiger partial charge in [0.25, 0.3) is 0 Å². The lowest BCUT2D eigenvalue weighted by Gasteiger charge is -2.08. The van der Waals surface area contributed by atoms with Crippen molar-refractivity contribution in [3.63, 3.8) is 0 Å². The second-order valence-electron chi connectivity index (χ2n) is 4.07. The van der Waals surface area contributed by atoms with Crippen LogP contribution in [0, 0.1) is 0 Å². The number of ether oxygens (including phenoxy) is 1. The van der Waals surface area contributed by atoms with Gasteiger partial charge < -0.3 is 10.1 Å². The fourth-order valence-corrected chi connectivity index (χ4v) is 3.97. The molecule has 2 nitrogen and oxygen atoms in total. The van der Waals surface area contributed by atoms with Crippen molar-refractivity contribution in [2.45, 2.75) is 13.0 Å². The van der Waals surface area contributed by atoms with E-state index in [0.29, 0.717) is 0 Å². The van der Waals surface area contributed by atoms with Crippen molar-refractivity contribution in [2.24, 2.45) is 0 Å². The molecule has 1 N–H and O–H groups in total. The molecule has 0 saturated heterocycles. The lowest BCUT2D eigenvalue weighted by atomic mass is 10.1. The van der Waals surface area contributed by atoms with Crippen LogP contribution in [-0.4, -0.2) is 13.7 Å². The normalized spacial score (nSPS) is 10.7. The largest absolute Gasteiger partial charge is 0.496 e. The van der Waals surface area contributed by atoms with Crippen LogP contribution in [0.4, 0.5) is 0 Å². The number of halogens is 2. The standard InChI is InChI=1S/C14H15Br2NOS/c1-18-13-5-3-2-4-10(13)6-7-17-9-11-8-12(15)14(16)19-11/h2-5,8,17H,6-7,9H2,1H3. The van der Waals surface area contributed by atoms with Crippen molar-refractivity contribution in [3.8, 4) is 5.75 Å². The molecule has 0 unspecified atom stereocenters. The Bertz CT molecular complexity index is 522. The Morgan fingerprint density at radius 1 is 1.26 bits per heavy atom. The van der Waals surface area contributed by atoms with Crippen LogP contribution < -0.4 is 10.1 Å². The molecule has 1 heterocycles. The van der Waals surface area contributed by atoms with Crippen LogP contribution >= 0.6 is 43.2 Å². The minimum Gasteiger partial charge on any atom is -0.496 e. The molecule has 2 rings (SSSR count). The van der Waals surface area contributed by atoms with Crippen molar-refractivity contribution in [1.29, 1.82) is 0 Å². The minimum absolute atomic E-state index is 0.893. The lowest BCUT2D eigenvalue weighted by Crippen LogP contribution is -2.16. The summed E-state index contributed by atoms with van der Waals surface area (Å²) in [7, 11) is 1.72. The maximum absolute atomic E-state index is 5.34. The molecule has 0 amide bonds. The maximum atomic E-state index is 5.34. The molecule has 0 aliphatic carbocycles. The Hall–Kier alpha value is -0.360. The third-order valence-electron chi connectivity index (χ3n) is 2.76. The summed E-state index contributed by atoms with van der Waals surface area (Å²) in [4.78, 5) is 1.32. The van der Waals surface area contributed by atoms with Gasteiger partial charge in [-0.25, -0.2) is 0 Å². The van der Waals surface area contributed by atoms with E-state index in [1.54, 1.807) is 18.4 Å². The van der Waals surface area contributed by atoms with Crippen LogP contribution in [0.2, 0.25) is 0 Å². The molecule has 0 aliphatic heterocycles. The van der Waals surface area contributed by atoms with E-state index in [4.69, 9.17) is 4.74 Å². The summed E-state index contributed by atoms with van der Waals surface area (Å²) in [5, 5.41) is 3.46. The van der Waals surface area contributed by atoms with Crippen LogP contribution in [-0.2, 0) is 13.0 Å². The SMILES string of the molecule is COc1ccccc1CCNCc1cc(Br)c(Br)s1. The van der Waals surface area contributed by atoms with Gasteiger partial charge in [-0.2, -0.15) is 0 Å². The number of benzene rings is 1. The molecule has 102 valence electrons. The predicted octanol–water partition coefficient (Wildman–Crippen LogP) is 4.61. The Kier molecular flexibility index (Phi) is 5.88. The summed E-state index contributed by atoms with van der Waals surface area (Å²) in [5.74, 6) is 0.964. The number of methoxy groups -OCH3 is 1. The summed E-state index contributed by atoms with van der Waals surface area (Å²) in [6.07, 6.45) is 0.970. The van der Waals surface area contributed by atoms with Gasteiger partial charge in [0.1, 0.15) is 5.75 Å². The van der Waals surface area contributed by atoms with Gasteiger partial charge in [-0.15, -0.1) is 11.3 Å². The molecule has 0 saturated carbocycles. The van der Waals surface area contributed by atoms with Crippen LogP contribution in [0.5, 0.6) is 5.75 Å². The summed E-state index contributed by atoms with van der Waals surface area (Å²) in [5.41, 5.74) is 1.24. The maximum Gasteiger partial charge on any atom is 0.122 e. The van der Waals surface area contributed by atoms with Crippen molar-refractivity contribution < 1.29 is 4.74 Å². The highest BCUT2D eigenvalue weighted by atomic mass is 79.9. The molecule has 2 aromatic rings. The Morgan fingerprint density at radius 3 is 2.74 bits per heavy atom. The van der Waals surface area contributed by atoms with Gasteiger partial charge in [-0.1, -0.05) is 18.2 Å². The second kappa shape index (κ2) is 7.43. The molecule has 0 radical (unpaired) electrons. The van der Waals surface area contributed by atoms with Crippen molar-refractivity contribution in [1.82, 2.24) is 5.32 Å². The zero-order valence-corrected chi connectivity index (χ0v) is 14.6. The van der Waals surface area contributed by atoms with Crippen LogP contribution in [0.3, 0.4) is 0 Å². The topological polar surface area (TPSA) is 21.3 Å². The Labute approximate surface area is 134 Å². The smallest absolute Gasteiger partial charge is 0.122 e. The molecule has 1 aromatic heterocycles. The quantitative estimate of drug-likeness (QED) is 0.709. The predicted molar refractivity (Wildman–Crippen MR) is 88.1 cm³/mol. The fourth-order valence-electron chi connectivity index (χ4n) is 1.82. The third kappa shape index (κ3) is 4.31. The van der Waals surface area contributed by atoms with Gasteiger partial charge in [-0.05, 0) is 62.5 Å². The van der Waals surface area contributed by atoms with E-state index in [1.807, 2.05) is 18.2 Å². The Balaban J connectivity index is 1.80. The zero-order valence-electron chi connectivity index (χ0n) is 10.6. The molecule has 5 heteroatoms. The number of thiophene rings is 1. The zero-order chi connectivity index (χ0) is 13.7. The van der Waals surface area contributed by atoms with E-state index in [2.05, 4.69) is 49.3 Å². The first-order chi connectivity index (χ1) is 9.20. The molecular formula is C14H15Br2NOS. The van der Waals surface area contributed by atoms with E-state index in [0.717, 1.165) is 33.5 Å². The average Bonchev–Trinajstić information content (AvgIpc) is 2.74. The molecule has 0 atom stereocenters. The van der Waals surface area contributed by atoms with Gasteiger partial charge in [0.2, 0.25) is 0 Å². The van der Waals surface area contributed by atoms with Gasteiger partial charge in [-0.3, -0.25) is 0 Å². The van der Waals surface area contributed by atoms with E-state index in [9.17, 15) is 0 Å². The molecule has 1 aromatic carbocycles. The average molecular weight is 405 g/mol. The molecular weight excluding hydrogens is 390 g/mol. The fraction of sp³-hybridized carbons (Fsp3) is 0.286. The molecule has 0 aliphatic rings. The summed E-state index contributed by atoms with van der Waals surface area (Å²) >= 11 is 8.76. The van der Waals surface area contributed by atoms with Crippen molar-refractivity contribution in [3.05, 3.63) is 49.0 Å². The number of hydrogen-bond acceptors (Lipinski definition) is 3. The van der Waals surface area contributed by atoms with E-state index >= 15 is 0 Å². The number of nitrogens with one attached hydrogen (secondary N) is 1. The van der Waals surface area contributed by atoms with Gasteiger partial charge in [0.05, 0.1) is 10.9 Å². The van der Waals surface area contributed by atoms with Crippen LogP contribution in [0.25, 0.3) is 0 Å². The number of hydrogen-bond donors (Lipinski definition) is 1. The van der Waals surface area contributed by atoms with Crippen molar-refractivity contribution in [2.75, 3.05) is 13.7 Å². The minimum atomic E-state index is 0.893. The summed E-state index contributed by atoms with van der Waals surface area (Å²) in [6.45, 7) is 1.83. The lowest BCUT2D eigenvalue weighted by molar-refractivity contribution is 0.409. The highest BCUT2D eigenvalue weighted by molar-refractivity contribution is 9.13. The molecule has 19 heavy (non-hydrogen) atoms. The van der Waals surface area contributed by atoms with E-state index in [-0.39, 0.29) is 0 Å². The van der Waals surface area contributed by atoms with Crippen LogP contribution in [0.1, 0.15) is 10.4 Å². The highest BCUT2D eigenvalue weighted by Gasteiger charge is 2.04. The monoisotopic (exact) mass is 403 g/mol. The van der Waals surface area contributed by atoms with Gasteiger partial charge in [0.15, 0.2) is 0 Å². The first-order valence-electron chi connectivity index (χ1n) is 5.97. The summed E-state index contributed by atoms with van der Waals surface area (Å²) in [6, 6.07) is 10.3. The molecule has 0 fully saturated rings. The van der Waals surface area contributed by atoms with Gasteiger partial charge >= 0.3 is 0 Å². The highest BCUT2D eigenvalue weighted by Crippen LogP contribution is 2.32. The van der Waals surface area contributed by atoms with E-state index < -0.39 is 0 Å². The summed E-state index contributed by atoms with van der Waals surface area (Å²) < 4.78 is 7.61. The third-order valence-corrected chi connectivity index (χ3v) is 6.02. The second-order valence-corrected chi connectivity index (χ2v) is 7.38. The number of rotatable bonds is 6.